The van der Waals surface area contributed by atoms with Crippen LogP contribution in [0.2, 0.25) is 0 Å². The third-order valence-electron chi connectivity index (χ3n) is 3.54. The second-order valence-electron chi connectivity index (χ2n) is 4.99. The van der Waals surface area contributed by atoms with Gasteiger partial charge in [0.25, 0.3) is 0 Å². The molecule has 5 heteroatoms. The van der Waals surface area contributed by atoms with Crippen molar-refractivity contribution in [2.24, 2.45) is 5.73 Å². The lowest BCUT2D eigenvalue weighted by Gasteiger charge is -2.04. The minimum absolute atomic E-state index is 0.641. The first-order valence-corrected chi connectivity index (χ1v) is 9.04. The Balaban J connectivity index is 0.00000100. The Labute approximate surface area is 148 Å². The van der Waals surface area contributed by atoms with Crippen LogP contribution in [0.3, 0.4) is 0 Å². The number of aromatic nitrogens is 2. The van der Waals surface area contributed by atoms with Gasteiger partial charge in [-0.3, -0.25) is 3.97 Å². The molecule has 0 saturated heterocycles. The molecular formula is C19H25N3OS. The number of hydrogen-bond acceptors (Lipinski definition) is 4. The van der Waals surface area contributed by atoms with Crippen molar-refractivity contribution in [3.63, 3.8) is 0 Å². The lowest BCUT2D eigenvalue weighted by atomic mass is 10.2. The van der Waals surface area contributed by atoms with Gasteiger partial charge >= 0.3 is 0 Å². The van der Waals surface area contributed by atoms with Crippen LogP contribution in [0.1, 0.15) is 25.8 Å². The molecule has 2 aromatic rings. The highest BCUT2D eigenvalue weighted by atomic mass is 32.2. The number of ether oxygens (including phenoxy) is 1. The van der Waals surface area contributed by atoms with Crippen molar-refractivity contribution in [2.75, 3.05) is 13.7 Å². The normalized spacial score (nSPS) is 13.7. The Morgan fingerprint density at radius 1 is 1.38 bits per heavy atom. The van der Waals surface area contributed by atoms with Crippen LogP contribution in [0.5, 0.6) is 0 Å². The summed E-state index contributed by atoms with van der Waals surface area (Å²) in [6.45, 7) is 4.64. The smallest absolute Gasteiger partial charge is 0.150 e. The second-order valence-corrected chi connectivity index (χ2v) is 6.04. The Hall–Kier alpha value is -1.98. The Morgan fingerprint density at radius 2 is 2.21 bits per heavy atom. The van der Waals surface area contributed by atoms with E-state index in [0.29, 0.717) is 6.54 Å². The molecule has 0 aliphatic heterocycles. The van der Waals surface area contributed by atoms with E-state index in [2.05, 4.69) is 33.4 Å². The zero-order valence-corrected chi connectivity index (χ0v) is 15.3. The minimum atomic E-state index is 0.641. The van der Waals surface area contributed by atoms with Gasteiger partial charge in [-0.25, -0.2) is 4.98 Å². The number of fused-ring (bicyclic) bond motifs is 1. The van der Waals surface area contributed by atoms with Gasteiger partial charge in [-0.2, -0.15) is 0 Å². The summed E-state index contributed by atoms with van der Waals surface area (Å²) in [5.41, 5.74) is 7.94. The number of hydrogen-bond donors (Lipinski definition) is 1. The number of pyridine rings is 1. The van der Waals surface area contributed by atoms with Gasteiger partial charge in [0.1, 0.15) is 5.65 Å². The van der Waals surface area contributed by atoms with E-state index < -0.39 is 0 Å². The largest absolute Gasteiger partial charge is 0.501 e. The molecule has 0 spiro atoms. The van der Waals surface area contributed by atoms with Gasteiger partial charge in [0.15, 0.2) is 0 Å². The second kappa shape index (κ2) is 9.35. The Bertz CT molecular complexity index is 759. The number of rotatable bonds is 5. The van der Waals surface area contributed by atoms with Crippen LogP contribution < -0.4 is 5.73 Å². The van der Waals surface area contributed by atoms with Gasteiger partial charge in [0.2, 0.25) is 0 Å². The Morgan fingerprint density at radius 3 is 2.96 bits per heavy atom. The molecule has 24 heavy (non-hydrogen) atoms. The van der Waals surface area contributed by atoms with Crippen LogP contribution >= 0.6 is 11.9 Å². The predicted molar refractivity (Wildman–Crippen MR) is 104 cm³/mol. The molecule has 2 heterocycles. The average Bonchev–Trinajstić information content (AvgIpc) is 2.81. The quantitative estimate of drug-likeness (QED) is 0.872. The van der Waals surface area contributed by atoms with Crippen LogP contribution in [0.4, 0.5) is 0 Å². The molecule has 0 unspecified atom stereocenters. The molecule has 2 N–H and O–H groups in total. The molecule has 0 saturated carbocycles. The summed E-state index contributed by atoms with van der Waals surface area (Å²) in [4.78, 5) is 5.69. The van der Waals surface area contributed by atoms with Crippen LogP contribution in [0.15, 0.2) is 59.5 Å². The lowest BCUT2D eigenvalue weighted by molar-refractivity contribution is 0.285. The summed E-state index contributed by atoms with van der Waals surface area (Å²) < 4.78 is 7.42. The first-order chi connectivity index (χ1) is 11.8. The molecule has 1 aliphatic rings. The number of nitrogens with two attached hydrogens (primary N) is 1. The number of nitrogens with zero attached hydrogens (tertiary/aromatic N) is 2. The summed E-state index contributed by atoms with van der Waals surface area (Å²) >= 11 is 1.67. The maximum atomic E-state index is 5.72. The molecule has 0 aromatic carbocycles. The van der Waals surface area contributed by atoms with Gasteiger partial charge in [-0.05, 0) is 54.8 Å². The molecule has 0 bridgehead atoms. The highest BCUT2D eigenvalue weighted by Gasteiger charge is 2.11. The number of allylic oxidation sites excluding steroid dienone is 4. The maximum absolute atomic E-state index is 5.72. The van der Waals surface area contributed by atoms with E-state index in [1.165, 1.54) is 15.9 Å². The first kappa shape index (κ1) is 18.4. The SMILES string of the molecule is CC.COC1=CC=CC(Sn2cc(CCN)c3cccnc32)=CC1. The monoisotopic (exact) mass is 343 g/mol. The molecule has 0 radical (unpaired) electrons. The van der Waals surface area contributed by atoms with E-state index in [1.54, 1.807) is 19.1 Å². The maximum Gasteiger partial charge on any atom is 0.150 e. The van der Waals surface area contributed by atoms with Crippen LogP contribution in [-0.2, 0) is 11.2 Å². The standard InChI is InChI=1S/C17H19N3OS.C2H6/c1-21-14-4-2-5-15(8-7-14)22-20-12-13(9-10-18)16-6-3-11-19-17(16)20;1-2/h2-6,8,11-12H,7,9-10,18H2,1H3;1-2H3. The van der Waals surface area contributed by atoms with Crippen molar-refractivity contribution < 1.29 is 4.74 Å². The van der Waals surface area contributed by atoms with Gasteiger partial charge in [0, 0.05) is 29.1 Å². The molecule has 0 fully saturated rings. The third kappa shape index (κ3) is 4.30. The van der Waals surface area contributed by atoms with Crippen LogP contribution in [0.25, 0.3) is 11.0 Å². The van der Waals surface area contributed by atoms with E-state index >= 15 is 0 Å². The van der Waals surface area contributed by atoms with Crippen molar-refractivity contribution >= 4 is 23.0 Å². The van der Waals surface area contributed by atoms with Crippen molar-refractivity contribution in [2.45, 2.75) is 26.7 Å². The molecule has 0 amide bonds. The average molecular weight is 343 g/mol. The van der Waals surface area contributed by atoms with Crippen molar-refractivity contribution in [1.29, 1.82) is 0 Å². The summed E-state index contributed by atoms with van der Waals surface area (Å²) in [6, 6.07) is 4.07. The zero-order chi connectivity index (χ0) is 17.4. The fraction of sp³-hybridized carbons (Fsp3) is 0.316. The van der Waals surface area contributed by atoms with Gasteiger partial charge in [0.05, 0.1) is 12.9 Å². The topological polar surface area (TPSA) is 53.1 Å². The highest BCUT2D eigenvalue weighted by Crippen LogP contribution is 2.30. The molecule has 2 aromatic heterocycles. The molecular weight excluding hydrogens is 318 g/mol. The number of methoxy groups -OCH3 is 1. The highest BCUT2D eigenvalue weighted by molar-refractivity contribution is 8.02. The van der Waals surface area contributed by atoms with E-state index in [4.69, 9.17) is 10.5 Å². The van der Waals surface area contributed by atoms with Crippen LogP contribution in [-0.4, -0.2) is 22.6 Å². The fourth-order valence-corrected chi connectivity index (χ4v) is 3.38. The molecule has 3 rings (SSSR count). The lowest BCUT2D eigenvalue weighted by Crippen LogP contribution is -2.01. The molecule has 128 valence electrons. The third-order valence-corrected chi connectivity index (χ3v) is 4.53. The first-order valence-electron chi connectivity index (χ1n) is 8.26. The van der Waals surface area contributed by atoms with E-state index in [1.807, 2.05) is 38.3 Å². The molecule has 0 atom stereocenters. The predicted octanol–water partition coefficient (Wildman–Crippen LogP) is 4.43. The minimum Gasteiger partial charge on any atom is -0.501 e. The molecule has 4 nitrogen and oxygen atoms in total. The Kier molecular flexibility index (Phi) is 7.15. The van der Waals surface area contributed by atoms with Crippen LogP contribution in [0, 0.1) is 0 Å². The van der Waals surface area contributed by atoms with E-state index in [-0.39, 0.29) is 0 Å². The molecule has 1 aliphatic carbocycles. The van der Waals surface area contributed by atoms with Gasteiger partial charge in [-0.1, -0.05) is 26.0 Å². The summed E-state index contributed by atoms with van der Waals surface area (Å²) in [6.07, 6.45) is 13.9. The summed E-state index contributed by atoms with van der Waals surface area (Å²) in [7, 11) is 1.70. The van der Waals surface area contributed by atoms with Gasteiger partial charge in [-0.15, -0.1) is 0 Å². The van der Waals surface area contributed by atoms with Crippen molar-refractivity contribution in [3.05, 3.63) is 65.1 Å². The van der Waals surface area contributed by atoms with E-state index in [9.17, 15) is 0 Å². The summed E-state index contributed by atoms with van der Waals surface area (Å²) in [5.74, 6) is 0.964. The van der Waals surface area contributed by atoms with Gasteiger partial charge < -0.3 is 10.5 Å². The zero-order valence-electron chi connectivity index (χ0n) is 14.5. The summed E-state index contributed by atoms with van der Waals surface area (Å²) in [5, 5.41) is 1.18. The fourth-order valence-electron chi connectivity index (χ4n) is 2.44. The van der Waals surface area contributed by atoms with E-state index in [0.717, 1.165) is 24.2 Å². The van der Waals surface area contributed by atoms with Crippen molar-refractivity contribution in [1.82, 2.24) is 8.96 Å². The van der Waals surface area contributed by atoms with Crippen molar-refractivity contribution in [3.8, 4) is 0 Å².